The summed E-state index contributed by atoms with van der Waals surface area (Å²) in [5.41, 5.74) is -0.718. The van der Waals surface area contributed by atoms with Crippen molar-refractivity contribution in [2.45, 2.75) is 62.1 Å². The topological polar surface area (TPSA) is 78.5 Å². The maximum Gasteiger partial charge on any atom is 0.416 e. The first kappa shape index (κ1) is 23.4. The molecular weight excluding hydrogens is 443 g/mol. The third-order valence-electron chi connectivity index (χ3n) is 7.15. The second-order valence-corrected chi connectivity index (χ2v) is 11.2. The van der Waals surface area contributed by atoms with Crippen LogP contribution in [0.3, 0.4) is 0 Å². The molecule has 1 amide bonds. The molecule has 2 N–H and O–H groups in total. The van der Waals surface area contributed by atoms with Gasteiger partial charge in [0.05, 0.1) is 11.3 Å². The van der Waals surface area contributed by atoms with Gasteiger partial charge >= 0.3 is 6.18 Å². The first-order chi connectivity index (χ1) is 15.1. The van der Waals surface area contributed by atoms with Gasteiger partial charge in [-0.15, -0.1) is 0 Å². The minimum absolute atomic E-state index is 0.0646. The van der Waals surface area contributed by atoms with Crippen molar-refractivity contribution in [1.82, 2.24) is 9.62 Å². The van der Waals surface area contributed by atoms with Gasteiger partial charge in [-0.05, 0) is 74.5 Å². The van der Waals surface area contributed by atoms with E-state index < -0.39 is 21.8 Å². The third-order valence-corrected chi connectivity index (χ3v) is 9.09. The highest BCUT2D eigenvalue weighted by Crippen LogP contribution is 2.48. The molecule has 6 nitrogen and oxygen atoms in total. The average Bonchev–Trinajstić information content (AvgIpc) is 3.55. The van der Waals surface area contributed by atoms with Crippen molar-refractivity contribution >= 4 is 21.6 Å². The van der Waals surface area contributed by atoms with Crippen LogP contribution < -0.4 is 10.6 Å². The quantitative estimate of drug-likeness (QED) is 0.631. The van der Waals surface area contributed by atoms with E-state index in [4.69, 9.17) is 0 Å². The van der Waals surface area contributed by atoms with E-state index in [-0.39, 0.29) is 41.5 Å². The number of benzene rings is 1. The van der Waals surface area contributed by atoms with E-state index in [9.17, 15) is 26.4 Å². The minimum atomic E-state index is -4.63. The van der Waals surface area contributed by atoms with Crippen LogP contribution in [0.5, 0.6) is 0 Å². The lowest BCUT2D eigenvalue weighted by atomic mass is 9.76. The molecule has 0 radical (unpaired) electrons. The Bertz CT molecular complexity index is 955. The summed E-state index contributed by atoms with van der Waals surface area (Å²) < 4.78 is 68.3. The van der Waals surface area contributed by atoms with Crippen molar-refractivity contribution in [2.75, 3.05) is 25.5 Å². The highest BCUT2D eigenvalue weighted by Gasteiger charge is 2.43. The van der Waals surface area contributed by atoms with E-state index in [1.54, 1.807) is 7.05 Å². The van der Waals surface area contributed by atoms with Gasteiger partial charge in [-0.3, -0.25) is 4.79 Å². The molecule has 0 aromatic heterocycles. The maximum atomic E-state index is 13.4. The molecule has 2 saturated carbocycles. The summed E-state index contributed by atoms with van der Waals surface area (Å²) >= 11 is 0. The second kappa shape index (κ2) is 8.85. The molecular formula is C22H30F3N3O3S. The fourth-order valence-electron chi connectivity index (χ4n) is 4.88. The Labute approximate surface area is 187 Å². The molecule has 2 unspecified atom stereocenters. The van der Waals surface area contributed by atoms with Gasteiger partial charge in [0, 0.05) is 32.6 Å². The number of halogens is 3. The average molecular weight is 474 g/mol. The van der Waals surface area contributed by atoms with Crippen LogP contribution >= 0.6 is 0 Å². The molecule has 10 heteroatoms. The summed E-state index contributed by atoms with van der Waals surface area (Å²) in [6.07, 6.45) is 1.01. The Balaban J connectivity index is 1.56. The Hall–Kier alpha value is -1.81. The Morgan fingerprint density at radius 1 is 1.09 bits per heavy atom. The van der Waals surface area contributed by atoms with Gasteiger partial charge in [-0.25, -0.2) is 8.42 Å². The first-order valence-electron chi connectivity index (χ1n) is 11.3. The lowest BCUT2D eigenvalue weighted by Crippen LogP contribution is -2.41. The maximum absolute atomic E-state index is 13.4. The Morgan fingerprint density at radius 2 is 1.78 bits per heavy atom. The standard InChI is InChI=1S/C22H30F3N3O3S/c1-26-21(29)12-14-8-10-28(11-9-14)32(30,31)20-13-16(22(23,24)25)4-6-19(20)27-18-7-5-17(18)15-2-3-15/h4,6,13-15,17-18,27H,2-3,5,7-12H2,1H3,(H,26,29). The molecule has 2 atom stereocenters. The van der Waals surface area contributed by atoms with Gasteiger partial charge in [-0.2, -0.15) is 17.5 Å². The molecule has 3 aliphatic rings. The predicted molar refractivity (Wildman–Crippen MR) is 114 cm³/mol. The van der Waals surface area contributed by atoms with Crippen LogP contribution in [0, 0.1) is 17.8 Å². The number of carbonyl (C=O) groups excluding carboxylic acids is 1. The summed E-state index contributed by atoms with van der Waals surface area (Å²) in [7, 11) is -2.56. The Kier molecular flexibility index (Phi) is 6.46. The zero-order valence-electron chi connectivity index (χ0n) is 18.1. The molecule has 0 bridgehead atoms. The SMILES string of the molecule is CNC(=O)CC1CCN(S(=O)(=O)c2cc(C(F)(F)F)ccc2NC2CCC2C2CC2)CC1. The van der Waals surface area contributed by atoms with Gasteiger partial charge in [0.15, 0.2) is 0 Å². The van der Waals surface area contributed by atoms with Crippen molar-refractivity contribution in [3.63, 3.8) is 0 Å². The zero-order valence-corrected chi connectivity index (χ0v) is 18.9. The molecule has 2 aliphatic carbocycles. The highest BCUT2D eigenvalue weighted by molar-refractivity contribution is 7.89. The van der Waals surface area contributed by atoms with Crippen molar-refractivity contribution in [3.8, 4) is 0 Å². The van der Waals surface area contributed by atoms with Crippen LogP contribution in [0.2, 0.25) is 0 Å². The number of piperidine rings is 1. The normalized spacial score (nSPS) is 25.2. The second-order valence-electron chi connectivity index (χ2n) is 9.26. The molecule has 1 aromatic carbocycles. The van der Waals surface area contributed by atoms with Crippen LogP contribution in [-0.2, 0) is 21.0 Å². The third kappa shape index (κ3) is 4.90. The number of rotatable bonds is 7. The lowest BCUT2D eigenvalue weighted by Gasteiger charge is -2.39. The van der Waals surface area contributed by atoms with Crippen LogP contribution in [-0.4, -0.2) is 44.8 Å². The number of amides is 1. The number of nitrogens with one attached hydrogen (secondary N) is 2. The van der Waals surface area contributed by atoms with E-state index in [0.717, 1.165) is 25.0 Å². The van der Waals surface area contributed by atoms with Gasteiger partial charge < -0.3 is 10.6 Å². The molecule has 0 spiro atoms. The number of hydrogen-bond acceptors (Lipinski definition) is 4. The van der Waals surface area contributed by atoms with Crippen LogP contribution in [0.15, 0.2) is 23.1 Å². The Morgan fingerprint density at radius 3 is 2.31 bits per heavy atom. The van der Waals surface area contributed by atoms with E-state index in [2.05, 4.69) is 10.6 Å². The molecule has 32 heavy (non-hydrogen) atoms. The van der Waals surface area contributed by atoms with Gasteiger partial charge in [0.1, 0.15) is 4.90 Å². The van der Waals surface area contributed by atoms with E-state index in [1.807, 2.05) is 0 Å². The van der Waals surface area contributed by atoms with E-state index in [1.165, 1.54) is 23.2 Å². The highest BCUT2D eigenvalue weighted by atomic mass is 32.2. The number of anilines is 1. The molecule has 1 aliphatic heterocycles. The summed E-state index contributed by atoms with van der Waals surface area (Å²) in [5.74, 6) is 1.08. The summed E-state index contributed by atoms with van der Waals surface area (Å²) in [5, 5.41) is 5.83. The molecule has 3 fully saturated rings. The van der Waals surface area contributed by atoms with Crippen LogP contribution in [0.25, 0.3) is 0 Å². The first-order valence-corrected chi connectivity index (χ1v) is 12.7. The number of carbonyl (C=O) groups is 1. The van der Waals surface area contributed by atoms with Gasteiger partial charge in [-0.1, -0.05) is 0 Å². The molecule has 1 saturated heterocycles. The molecule has 4 rings (SSSR count). The summed E-state index contributed by atoms with van der Waals surface area (Å²) in [4.78, 5) is 11.3. The smallest absolute Gasteiger partial charge is 0.381 e. The van der Waals surface area contributed by atoms with E-state index in [0.29, 0.717) is 31.1 Å². The van der Waals surface area contributed by atoms with Crippen LogP contribution in [0.1, 0.15) is 50.5 Å². The fourth-order valence-corrected chi connectivity index (χ4v) is 6.53. The fraction of sp³-hybridized carbons (Fsp3) is 0.682. The number of nitrogens with zero attached hydrogens (tertiary/aromatic N) is 1. The van der Waals surface area contributed by atoms with Crippen molar-refractivity contribution in [3.05, 3.63) is 23.8 Å². The summed E-state index contributed by atoms with van der Waals surface area (Å²) in [6, 6.07) is 3.07. The van der Waals surface area contributed by atoms with E-state index >= 15 is 0 Å². The van der Waals surface area contributed by atoms with Crippen LogP contribution in [0.4, 0.5) is 18.9 Å². The minimum Gasteiger partial charge on any atom is -0.381 e. The molecule has 1 aromatic rings. The largest absolute Gasteiger partial charge is 0.416 e. The number of sulfonamides is 1. The van der Waals surface area contributed by atoms with Gasteiger partial charge in [0.25, 0.3) is 0 Å². The van der Waals surface area contributed by atoms with Crippen molar-refractivity contribution in [1.29, 1.82) is 0 Å². The summed E-state index contributed by atoms with van der Waals surface area (Å²) in [6.45, 7) is 0.377. The molecule has 178 valence electrons. The van der Waals surface area contributed by atoms with Crippen molar-refractivity contribution in [2.24, 2.45) is 17.8 Å². The predicted octanol–water partition coefficient (Wildman–Crippen LogP) is 3.84. The lowest BCUT2D eigenvalue weighted by molar-refractivity contribution is -0.137. The monoisotopic (exact) mass is 473 g/mol. The number of hydrogen-bond donors (Lipinski definition) is 2. The van der Waals surface area contributed by atoms with Gasteiger partial charge in [0.2, 0.25) is 15.9 Å². The molecule has 1 heterocycles. The van der Waals surface area contributed by atoms with Crippen molar-refractivity contribution < 1.29 is 26.4 Å². The zero-order chi connectivity index (χ0) is 23.1. The number of alkyl halides is 3.